The summed E-state index contributed by atoms with van der Waals surface area (Å²) in [5.74, 6) is -2.02. The second kappa shape index (κ2) is 9.01. The number of esters is 1. The van der Waals surface area contributed by atoms with Gasteiger partial charge in [0.05, 0.1) is 35.8 Å². The Hall–Kier alpha value is -1.80. The largest absolute Gasteiger partial charge is 0.465 e. The first kappa shape index (κ1) is 23.9. The summed E-state index contributed by atoms with van der Waals surface area (Å²) in [6.07, 6.45) is 15.2. The molecule has 2 saturated heterocycles. The van der Waals surface area contributed by atoms with E-state index in [1.54, 1.807) is 23.6 Å². The molecule has 1 unspecified atom stereocenters. The van der Waals surface area contributed by atoms with Gasteiger partial charge < -0.3 is 19.6 Å². The molecule has 4 aliphatic heterocycles. The molecule has 5 aliphatic rings. The topological polar surface area (TPSA) is 87.2 Å². The summed E-state index contributed by atoms with van der Waals surface area (Å²) in [4.78, 5) is 45.3. The van der Waals surface area contributed by atoms with E-state index in [0.29, 0.717) is 13.2 Å². The molecule has 0 aromatic carbocycles. The number of hydrogen-bond acceptors (Lipinski definition) is 6. The van der Waals surface area contributed by atoms with Crippen molar-refractivity contribution < 1.29 is 24.2 Å². The van der Waals surface area contributed by atoms with E-state index in [2.05, 4.69) is 12.2 Å². The molecule has 34 heavy (non-hydrogen) atoms. The van der Waals surface area contributed by atoms with Crippen LogP contribution in [0.5, 0.6) is 0 Å². The summed E-state index contributed by atoms with van der Waals surface area (Å²) in [5.41, 5.74) is 0. The summed E-state index contributed by atoms with van der Waals surface area (Å²) in [6.45, 7) is 4.41. The van der Waals surface area contributed by atoms with E-state index >= 15 is 0 Å². The molecule has 7 nitrogen and oxygen atoms in total. The number of rotatable bonds is 3. The number of nitrogens with zero attached hydrogens (tertiary/aromatic N) is 2. The van der Waals surface area contributed by atoms with Crippen LogP contribution in [0, 0.1) is 11.8 Å². The summed E-state index contributed by atoms with van der Waals surface area (Å²) in [5, 5.41) is 10.0. The van der Waals surface area contributed by atoms with Crippen LogP contribution in [-0.4, -0.2) is 80.1 Å². The number of likely N-dealkylation sites (tertiary alicyclic amines) is 1. The Balaban J connectivity index is 1.63. The lowest BCUT2D eigenvalue weighted by molar-refractivity contribution is -0.154. The van der Waals surface area contributed by atoms with Crippen LogP contribution < -0.4 is 0 Å². The molecule has 1 spiro atoms. The third kappa shape index (κ3) is 3.55. The number of thioether (sulfide) groups is 1. The van der Waals surface area contributed by atoms with Crippen molar-refractivity contribution in [1.29, 1.82) is 0 Å². The Kier molecular flexibility index (Phi) is 6.34. The zero-order valence-electron chi connectivity index (χ0n) is 20.2. The SMILES string of the molecule is C[C@H](CO)N1C(=O)[C@@H]2[C@H]3C(=O)OCCC/C=C\[C@@]3(C)S[C@@]23C=CCN(C2CCCCC2)C(=O)C13. The zero-order valence-corrected chi connectivity index (χ0v) is 21.0. The number of fused-ring (bicyclic) bond motifs is 2. The molecule has 5 rings (SSSR count). The minimum absolute atomic E-state index is 0.0482. The number of cyclic esters (lactones) is 1. The first-order chi connectivity index (χ1) is 16.3. The van der Waals surface area contributed by atoms with E-state index in [-0.39, 0.29) is 30.4 Å². The van der Waals surface area contributed by atoms with Gasteiger partial charge in [-0.15, -0.1) is 11.8 Å². The number of carbonyl (C=O) groups excluding carboxylic acids is 3. The van der Waals surface area contributed by atoms with Crippen LogP contribution in [0.4, 0.5) is 0 Å². The van der Waals surface area contributed by atoms with E-state index in [0.717, 1.165) is 38.5 Å². The Morgan fingerprint density at radius 1 is 1.09 bits per heavy atom. The fourth-order valence-electron chi connectivity index (χ4n) is 6.87. The minimum atomic E-state index is -0.872. The molecule has 0 bridgehead atoms. The molecule has 0 aromatic heterocycles. The summed E-state index contributed by atoms with van der Waals surface area (Å²) in [7, 11) is 0. The van der Waals surface area contributed by atoms with Crippen LogP contribution in [-0.2, 0) is 19.1 Å². The highest BCUT2D eigenvalue weighted by atomic mass is 32.2. The highest BCUT2D eigenvalue weighted by Gasteiger charge is 2.74. The number of amides is 2. The molecule has 0 radical (unpaired) electrons. The summed E-state index contributed by atoms with van der Waals surface area (Å²) in [6, 6.07) is -1.09. The maximum atomic E-state index is 14.3. The fourth-order valence-corrected chi connectivity index (χ4v) is 9.01. The third-order valence-corrected chi connectivity index (χ3v) is 10.3. The van der Waals surface area contributed by atoms with Crippen molar-refractivity contribution in [2.45, 2.75) is 86.4 Å². The van der Waals surface area contributed by atoms with Gasteiger partial charge in [0.15, 0.2) is 0 Å². The smallest absolute Gasteiger partial charge is 0.311 e. The number of ether oxygens (including phenoxy) is 1. The first-order valence-electron chi connectivity index (χ1n) is 12.8. The number of aliphatic hydroxyl groups is 1. The van der Waals surface area contributed by atoms with Crippen LogP contribution in [0.25, 0.3) is 0 Å². The summed E-state index contributed by atoms with van der Waals surface area (Å²) >= 11 is 1.57. The van der Waals surface area contributed by atoms with Crippen molar-refractivity contribution in [2.75, 3.05) is 19.8 Å². The van der Waals surface area contributed by atoms with Gasteiger partial charge in [-0.2, -0.15) is 0 Å². The Bertz CT molecular complexity index is 915. The lowest BCUT2D eigenvalue weighted by atomic mass is 9.74. The van der Waals surface area contributed by atoms with Gasteiger partial charge in [0.25, 0.3) is 0 Å². The highest BCUT2D eigenvalue weighted by Crippen LogP contribution is 2.65. The lowest BCUT2D eigenvalue weighted by Gasteiger charge is -2.41. The van der Waals surface area contributed by atoms with Gasteiger partial charge in [0, 0.05) is 17.3 Å². The van der Waals surface area contributed by atoms with Gasteiger partial charge in [0.2, 0.25) is 11.8 Å². The van der Waals surface area contributed by atoms with Gasteiger partial charge in [-0.25, -0.2) is 0 Å². The minimum Gasteiger partial charge on any atom is -0.465 e. The molecule has 1 N–H and O–H groups in total. The second-order valence-corrected chi connectivity index (χ2v) is 12.5. The van der Waals surface area contributed by atoms with E-state index < -0.39 is 33.4 Å². The first-order valence-corrected chi connectivity index (χ1v) is 13.6. The molecule has 2 amide bonds. The number of aliphatic hydroxyl groups excluding tert-OH is 1. The molecule has 0 aromatic rings. The molecular weight excluding hydrogens is 452 g/mol. The van der Waals surface area contributed by atoms with Gasteiger partial charge in [-0.1, -0.05) is 43.6 Å². The average Bonchev–Trinajstić information content (AvgIpc) is 3.19. The maximum absolute atomic E-state index is 14.3. The number of carbonyl (C=O) groups is 3. The lowest BCUT2D eigenvalue weighted by Crippen LogP contribution is -2.57. The van der Waals surface area contributed by atoms with Crippen molar-refractivity contribution in [3.8, 4) is 0 Å². The van der Waals surface area contributed by atoms with Crippen molar-refractivity contribution in [3.05, 3.63) is 24.3 Å². The van der Waals surface area contributed by atoms with Crippen molar-refractivity contribution in [1.82, 2.24) is 9.80 Å². The van der Waals surface area contributed by atoms with Crippen molar-refractivity contribution in [2.24, 2.45) is 11.8 Å². The monoisotopic (exact) mass is 488 g/mol. The number of hydrogen-bond donors (Lipinski definition) is 1. The van der Waals surface area contributed by atoms with E-state index in [4.69, 9.17) is 4.74 Å². The summed E-state index contributed by atoms with van der Waals surface area (Å²) < 4.78 is 4.11. The molecule has 6 atom stereocenters. The van der Waals surface area contributed by atoms with Gasteiger partial charge >= 0.3 is 5.97 Å². The third-order valence-electron chi connectivity index (χ3n) is 8.47. The Morgan fingerprint density at radius 3 is 2.59 bits per heavy atom. The van der Waals surface area contributed by atoms with E-state index in [1.807, 2.05) is 24.0 Å². The van der Waals surface area contributed by atoms with E-state index in [1.165, 1.54) is 6.42 Å². The Labute approximate surface area is 205 Å². The average molecular weight is 489 g/mol. The van der Waals surface area contributed by atoms with Crippen molar-refractivity contribution >= 4 is 29.5 Å². The molecule has 1 saturated carbocycles. The van der Waals surface area contributed by atoms with E-state index in [9.17, 15) is 19.5 Å². The predicted octanol–water partition coefficient (Wildman–Crippen LogP) is 2.68. The van der Waals surface area contributed by atoms with Crippen molar-refractivity contribution in [3.63, 3.8) is 0 Å². The molecular formula is C26H36N2O5S. The number of allylic oxidation sites excluding steroid dienone is 1. The van der Waals surface area contributed by atoms with Crippen LogP contribution >= 0.6 is 11.8 Å². The molecule has 186 valence electrons. The quantitative estimate of drug-likeness (QED) is 0.486. The normalized spacial score (nSPS) is 40.4. The zero-order chi connectivity index (χ0) is 24.1. The molecule has 8 heteroatoms. The molecule has 4 heterocycles. The van der Waals surface area contributed by atoms with Crippen LogP contribution in [0.15, 0.2) is 24.3 Å². The maximum Gasteiger partial charge on any atom is 0.311 e. The molecule has 3 fully saturated rings. The predicted molar refractivity (Wildman–Crippen MR) is 130 cm³/mol. The van der Waals surface area contributed by atoms with Crippen LogP contribution in [0.2, 0.25) is 0 Å². The Morgan fingerprint density at radius 2 is 1.85 bits per heavy atom. The standard InChI is InChI=1S/C26H36N2O5S/c1-17(16-29)28-21-23(31)27(18-10-5-3-6-11-18)14-9-13-26(21)19(22(28)30)20-24(32)33-15-8-4-7-12-25(20,2)34-26/h7,9,12-13,17-21,29H,3-6,8,10-11,14-16H2,1-2H3/b12-7-/t17-,19+,20+,21?,25-,26+/m1/s1. The fraction of sp³-hybridized carbons (Fsp3) is 0.731. The van der Waals surface area contributed by atoms with Gasteiger partial charge in [0.1, 0.15) is 6.04 Å². The molecule has 1 aliphatic carbocycles. The van der Waals surface area contributed by atoms with Gasteiger partial charge in [-0.3, -0.25) is 14.4 Å². The van der Waals surface area contributed by atoms with Crippen LogP contribution in [0.1, 0.15) is 58.8 Å². The highest BCUT2D eigenvalue weighted by molar-refractivity contribution is 8.02. The van der Waals surface area contributed by atoms with Crippen LogP contribution in [0.3, 0.4) is 0 Å². The second-order valence-electron chi connectivity index (χ2n) is 10.7. The van der Waals surface area contributed by atoms with Gasteiger partial charge in [-0.05, 0) is 39.5 Å².